The van der Waals surface area contributed by atoms with Gasteiger partial charge in [0.1, 0.15) is 0 Å². The molecule has 1 saturated heterocycles. The average Bonchev–Trinajstić information content (AvgIpc) is 2.82. The summed E-state index contributed by atoms with van der Waals surface area (Å²) in [6.07, 6.45) is -3.85. The van der Waals surface area contributed by atoms with Gasteiger partial charge in [0, 0.05) is 19.7 Å². The Labute approximate surface area is 117 Å². The summed E-state index contributed by atoms with van der Waals surface area (Å²) < 4.78 is 44.4. The predicted octanol–water partition coefficient (Wildman–Crippen LogP) is 1.71. The van der Waals surface area contributed by atoms with E-state index in [1.54, 1.807) is 0 Å². The van der Waals surface area contributed by atoms with E-state index >= 15 is 0 Å². The van der Waals surface area contributed by atoms with Crippen LogP contribution in [0.2, 0.25) is 0 Å². The standard InChI is InChI=1S/C13H23F3N2O2/c1-10(2)3-7-20-8-6-18-11(19)12(13(14,15)16)4-5-17-9-12/h10,17H,3-9H2,1-2H3,(H,18,19). The number of amides is 1. The molecule has 0 radical (unpaired) electrons. The van der Waals surface area contributed by atoms with Gasteiger partial charge in [-0.15, -0.1) is 0 Å². The first-order valence-corrected chi connectivity index (χ1v) is 6.93. The van der Waals surface area contributed by atoms with E-state index in [9.17, 15) is 18.0 Å². The van der Waals surface area contributed by atoms with Crippen LogP contribution in [0, 0.1) is 11.3 Å². The molecule has 1 unspecified atom stereocenters. The monoisotopic (exact) mass is 296 g/mol. The van der Waals surface area contributed by atoms with Crippen LogP contribution in [0.1, 0.15) is 26.7 Å². The SMILES string of the molecule is CC(C)CCOCCNC(=O)C1(C(F)(F)F)CCNC1. The Hall–Kier alpha value is -0.820. The van der Waals surface area contributed by atoms with Gasteiger partial charge in [0.05, 0.1) is 6.61 Å². The maximum Gasteiger partial charge on any atom is 0.404 e. The first-order valence-electron chi connectivity index (χ1n) is 6.93. The molecule has 0 aliphatic carbocycles. The Kier molecular flexibility index (Phi) is 6.26. The Morgan fingerprint density at radius 3 is 2.60 bits per heavy atom. The van der Waals surface area contributed by atoms with Gasteiger partial charge < -0.3 is 15.4 Å². The predicted molar refractivity (Wildman–Crippen MR) is 69.3 cm³/mol. The van der Waals surface area contributed by atoms with Gasteiger partial charge >= 0.3 is 6.18 Å². The number of nitrogens with one attached hydrogen (secondary N) is 2. The summed E-state index contributed by atoms with van der Waals surface area (Å²) in [5, 5.41) is 4.95. The molecule has 0 aromatic carbocycles. The molecule has 7 heteroatoms. The van der Waals surface area contributed by atoms with Crippen molar-refractivity contribution in [1.29, 1.82) is 0 Å². The molecule has 118 valence electrons. The van der Waals surface area contributed by atoms with Crippen molar-refractivity contribution in [3.05, 3.63) is 0 Å². The zero-order chi connectivity index (χ0) is 15.2. The fourth-order valence-corrected chi connectivity index (χ4v) is 2.08. The Balaban J connectivity index is 2.34. The van der Waals surface area contributed by atoms with E-state index in [-0.39, 0.29) is 32.7 Å². The lowest BCUT2D eigenvalue weighted by atomic mass is 9.85. The smallest absolute Gasteiger partial charge is 0.380 e. The van der Waals surface area contributed by atoms with Gasteiger partial charge in [0.2, 0.25) is 5.91 Å². The summed E-state index contributed by atoms with van der Waals surface area (Å²) in [5.74, 6) is -0.440. The molecule has 1 aliphatic rings. The minimum absolute atomic E-state index is 0.106. The maximum absolute atomic E-state index is 13.1. The van der Waals surface area contributed by atoms with Gasteiger partial charge in [0.25, 0.3) is 0 Å². The van der Waals surface area contributed by atoms with Crippen LogP contribution in [0.4, 0.5) is 13.2 Å². The summed E-state index contributed by atoms with van der Waals surface area (Å²) in [6, 6.07) is 0. The summed E-state index contributed by atoms with van der Waals surface area (Å²) in [7, 11) is 0. The van der Waals surface area contributed by atoms with Gasteiger partial charge in [-0.25, -0.2) is 0 Å². The van der Waals surface area contributed by atoms with Crippen molar-refractivity contribution < 1.29 is 22.7 Å². The number of carbonyl (C=O) groups is 1. The molecule has 1 aliphatic heterocycles. The van der Waals surface area contributed by atoms with Gasteiger partial charge in [-0.2, -0.15) is 13.2 Å². The number of carbonyl (C=O) groups excluding carboxylic acids is 1. The van der Waals surface area contributed by atoms with Crippen LogP contribution >= 0.6 is 0 Å². The number of hydrogen-bond acceptors (Lipinski definition) is 3. The second-order valence-electron chi connectivity index (χ2n) is 5.56. The highest BCUT2D eigenvalue weighted by atomic mass is 19.4. The van der Waals surface area contributed by atoms with E-state index in [0.717, 1.165) is 6.42 Å². The topological polar surface area (TPSA) is 50.4 Å². The molecular formula is C13H23F3N2O2. The fourth-order valence-electron chi connectivity index (χ4n) is 2.08. The zero-order valence-corrected chi connectivity index (χ0v) is 12.0. The van der Waals surface area contributed by atoms with Crippen molar-refractivity contribution in [3.63, 3.8) is 0 Å². The highest BCUT2D eigenvalue weighted by molar-refractivity contribution is 5.84. The summed E-state index contributed by atoms with van der Waals surface area (Å²) in [4.78, 5) is 11.8. The van der Waals surface area contributed by atoms with E-state index in [0.29, 0.717) is 12.5 Å². The summed E-state index contributed by atoms with van der Waals surface area (Å²) in [6.45, 7) is 4.87. The molecule has 1 atom stereocenters. The third-order valence-electron chi connectivity index (χ3n) is 3.50. The molecule has 0 aromatic rings. The number of rotatable bonds is 7. The van der Waals surface area contributed by atoms with Crippen LogP contribution in [-0.4, -0.2) is 44.9 Å². The Morgan fingerprint density at radius 2 is 2.10 bits per heavy atom. The lowest BCUT2D eigenvalue weighted by Crippen LogP contribution is -2.52. The zero-order valence-electron chi connectivity index (χ0n) is 12.0. The first-order chi connectivity index (χ1) is 9.29. The van der Waals surface area contributed by atoms with E-state index < -0.39 is 17.5 Å². The van der Waals surface area contributed by atoms with E-state index in [4.69, 9.17) is 4.74 Å². The molecule has 1 rings (SSSR count). The first kappa shape index (κ1) is 17.2. The number of alkyl halides is 3. The highest BCUT2D eigenvalue weighted by Crippen LogP contribution is 2.43. The van der Waals surface area contributed by atoms with Crippen molar-refractivity contribution >= 4 is 5.91 Å². The lowest BCUT2D eigenvalue weighted by molar-refractivity contribution is -0.216. The number of hydrogen-bond donors (Lipinski definition) is 2. The average molecular weight is 296 g/mol. The molecule has 0 aromatic heterocycles. The van der Waals surface area contributed by atoms with Crippen molar-refractivity contribution in [2.75, 3.05) is 32.8 Å². The fraction of sp³-hybridized carbons (Fsp3) is 0.923. The van der Waals surface area contributed by atoms with Crippen molar-refractivity contribution in [2.45, 2.75) is 32.9 Å². The molecule has 1 fully saturated rings. The Bertz CT molecular complexity index is 313. The maximum atomic E-state index is 13.1. The molecule has 2 N–H and O–H groups in total. The summed E-state index contributed by atoms with van der Waals surface area (Å²) >= 11 is 0. The molecule has 0 bridgehead atoms. The van der Waals surface area contributed by atoms with Gasteiger partial charge in [-0.05, 0) is 25.3 Å². The molecule has 4 nitrogen and oxygen atoms in total. The minimum atomic E-state index is -4.53. The molecule has 20 heavy (non-hydrogen) atoms. The number of ether oxygens (including phenoxy) is 1. The van der Waals surface area contributed by atoms with Crippen LogP contribution in [0.5, 0.6) is 0 Å². The highest BCUT2D eigenvalue weighted by Gasteiger charge is 2.61. The van der Waals surface area contributed by atoms with Crippen molar-refractivity contribution in [3.8, 4) is 0 Å². The van der Waals surface area contributed by atoms with Gasteiger partial charge in [-0.1, -0.05) is 13.8 Å². The van der Waals surface area contributed by atoms with Crippen LogP contribution in [0.15, 0.2) is 0 Å². The van der Waals surface area contributed by atoms with E-state index in [1.807, 2.05) is 0 Å². The van der Waals surface area contributed by atoms with Crippen LogP contribution in [0.25, 0.3) is 0 Å². The van der Waals surface area contributed by atoms with Gasteiger partial charge in [0.15, 0.2) is 5.41 Å². The summed E-state index contributed by atoms with van der Waals surface area (Å²) in [5.41, 5.74) is -2.29. The largest absolute Gasteiger partial charge is 0.404 e. The minimum Gasteiger partial charge on any atom is -0.380 e. The van der Waals surface area contributed by atoms with Crippen molar-refractivity contribution in [2.24, 2.45) is 11.3 Å². The number of halogens is 3. The molecule has 0 spiro atoms. The molecule has 1 heterocycles. The molecular weight excluding hydrogens is 273 g/mol. The van der Waals surface area contributed by atoms with E-state index in [2.05, 4.69) is 24.5 Å². The van der Waals surface area contributed by atoms with E-state index in [1.165, 1.54) is 0 Å². The second kappa shape index (κ2) is 7.26. The normalized spacial score (nSPS) is 23.3. The van der Waals surface area contributed by atoms with Crippen LogP contribution in [-0.2, 0) is 9.53 Å². The molecule has 0 saturated carbocycles. The van der Waals surface area contributed by atoms with Crippen LogP contribution < -0.4 is 10.6 Å². The molecule has 1 amide bonds. The van der Waals surface area contributed by atoms with Crippen molar-refractivity contribution in [1.82, 2.24) is 10.6 Å². The third-order valence-corrected chi connectivity index (χ3v) is 3.50. The Morgan fingerprint density at radius 1 is 1.40 bits per heavy atom. The second-order valence-corrected chi connectivity index (χ2v) is 5.56. The quantitative estimate of drug-likeness (QED) is 0.703. The lowest BCUT2D eigenvalue weighted by Gasteiger charge is -2.29. The van der Waals surface area contributed by atoms with Crippen LogP contribution in [0.3, 0.4) is 0 Å². The van der Waals surface area contributed by atoms with Gasteiger partial charge in [-0.3, -0.25) is 4.79 Å². The third kappa shape index (κ3) is 4.34.